The second-order valence-electron chi connectivity index (χ2n) is 5.14. The van der Waals surface area contributed by atoms with Crippen molar-refractivity contribution in [3.8, 4) is 11.4 Å². The lowest BCUT2D eigenvalue weighted by Crippen LogP contribution is -2.34. The molecule has 0 spiro atoms. The normalized spacial score (nSPS) is 11.8. The molecule has 5 heteroatoms. The first-order valence-electron chi connectivity index (χ1n) is 5.73. The Labute approximate surface area is 105 Å². The number of aromatic nitrogens is 2. The Morgan fingerprint density at radius 1 is 1.39 bits per heavy atom. The Kier molecular flexibility index (Phi) is 3.17. The van der Waals surface area contributed by atoms with Gasteiger partial charge in [0.15, 0.2) is 0 Å². The number of hydrogen-bond donors (Lipinski definition) is 1. The highest BCUT2D eigenvalue weighted by atomic mass is 19.1. The Morgan fingerprint density at radius 2 is 2.11 bits per heavy atom. The van der Waals surface area contributed by atoms with Crippen LogP contribution in [0.5, 0.6) is 0 Å². The highest BCUT2D eigenvalue weighted by Crippen LogP contribution is 2.22. The van der Waals surface area contributed by atoms with Crippen molar-refractivity contribution in [2.24, 2.45) is 5.73 Å². The van der Waals surface area contributed by atoms with Crippen LogP contribution in [-0.2, 0) is 6.42 Å². The van der Waals surface area contributed by atoms with E-state index in [0.29, 0.717) is 18.1 Å². The Bertz CT molecular complexity index is 558. The van der Waals surface area contributed by atoms with E-state index in [1.807, 2.05) is 13.8 Å². The van der Waals surface area contributed by atoms with Gasteiger partial charge >= 0.3 is 0 Å². The molecule has 0 saturated carbocycles. The molecule has 2 N–H and O–H groups in total. The van der Waals surface area contributed by atoms with E-state index in [9.17, 15) is 4.39 Å². The fraction of sp³-hybridized carbons (Fsp3) is 0.385. The van der Waals surface area contributed by atoms with Crippen LogP contribution < -0.4 is 5.73 Å². The molecule has 1 heterocycles. The standard InChI is InChI=1S/C13H16FN3O/c1-8-6-9(14)4-5-10(8)12-16-11(18-17-12)7-13(2,3)15/h4-6H,7,15H2,1-3H3. The van der Waals surface area contributed by atoms with Crippen molar-refractivity contribution in [3.05, 3.63) is 35.5 Å². The van der Waals surface area contributed by atoms with E-state index in [0.717, 1.165) is 11.1 Å². The predicted molar refractivity (Wildman–Crippen MR) is 66.4 cm³/mol. The molecular formula is C13H16FN3O. The van der Waals surface area contributed by atoms with Crippen molar-refractivity contribution >= 4 is 0 Å². The second-order valence-corrected chi connectivity index (χ2v) is 5.14. The summed E-state index contributed by atoms with van der Waals surface area (Å²) < 4.78 is 18.2. The molecule has 0 aliphatic carbocycles. The van der Waals surface area contributed by atoms with Crippen molar-refractivity contribution in [3.63, 3.8) is 0 Å². The Hall–Kier alpha value is -1.75. The molecule has 4 nitrogen and oxygen atoms in total. The van der Waals surface area contributed by atoms with Crippen LogP contribution in [0, 0.1) is 12.7 Å². The van der Waals surface area contributed by atoms with E-state index < -0.39 is 5.54 Å². The van der Waals surface area contributed by atoms with Gasteiger partial charge in [0, 0.05) is 17.5 Å². The first-order chi connectivity index (χ1) is 8.35. The van der Waals surface area contributed by atoms with E-state index in [1.165, 1.54) is 12.1 Å². The van der Waals surface area contributed by atoms with Gasteiger partial charge in [0.2, 0.25) is 11.7 Å². The topological polar surface area (TPSA) is 64.9 Å². The van der Waals surface area contributed by atoms with Crippen LogP contribution in [0.15, 0.2) is 22.7 Å². The molecule has 96 valence electrons. The average molecular weight is 249 g/mol. The van der Waals surface area contributed by atoms with Crippen molar-refractivity contribution in [2.45, 2.75) is 32.7 Å². The van der Waals surface area contributed by atoms with Gasteiger partial charge in [0.1, 0.15) is 5.82 Å². The quantitative estimate of drug-likeness (QED) is 0.907. The lowest BCUT2D eigenvalue weighted by atomic mass is 10.0. The van der Waals surface area contributed by atoms with E-state index in [2.05, 4.69) is 10.1 Å². The van der Waals surface area contributed by atoms with Crippen LogP contribution in [0.25, 0.3) is 11.4 Å². The van der Waals surface area contributed by atoms with Crippen molar-refractivity contribution in [1.29, 1.82) is 0 Å². The lowest BCUT2D eigenvalue weighted by Gasteiger charge is -2.14. The largest absolute Gasteiger partial charge is 0.339 e. The summed E-state index contributed by atoms with van der Waals surface area (Å²) in [4.78, 5) is 4.28. The molecule has 1 aromatic heterocycles. The van der Waals surface area contributed by atoms with Gasteiger partial charge in [-0.2, -0.15) is 4.98 Å². The predicted octanol–water partition coefficient (Wildman–Crippen LogP) is 2.46. The minimum absolute atomic E-state index is 0.275. The molecule has 2 aromatic rings. The van der Waals surface area contributed by atoms with E-state index >= 15 is 0 Å². The minimum atomic E-state index is -0.401. The molecule has 0 atom stereocenters. The smallest absolute Gasteiger partial charge is 0.228 e. The van der Waals surface area contributed by atoms with E-state index in [1.54, 1.807) is 13.0 Å². The van der Waals surface area contributed by atoms with Gasteiger partial charge in [-0.05, 0) is 44.5 Å². The number of benzene rings is 1. The second kappa shape index (κ2) is 4.49. The van der Waals surface area contributed by atoms with Crippen LogP contribution >= 0.6 is 0 Å². The van der Waals surface area contributed by atoms with Crippen LogP contribution in [0.2, 0.25) is 0 Å². The molecule has 2 rings (SSSR count). The highest BCUT2D eigenvalue weighted by Gasteiger charge is 2.18. The van der Waals surface area contributed by atoms with Gasteiger partial charge in [0.05, 0.1) is 0 Å². The fourth-order valence-corrected chi connectivity index (χ4v) is 1.70. The number of hydrogen-bond acceptors (Lipinski definition) is 4. The van der Waals surface area contributed by atoms with Gasteiger partial charge in [-0.15, -0.1) is 0 Å². The van der Waals surface area contributed by atoms with E-state index in [-0.39, 0.29) is 5.82 Å². The summed E-state index contributed by atoms with van der Waals surface area (Å²) >= 11 is 0. The summed E-state index contributed by atoms with van der Waals surface area (Å²) in [6.07, 6.45) is 0.500. The van der Waals surface area contributed by atoms with Crippen molar-refractivity contribution < 1.29 is 8.91 Å². The van der Waals surface area contributed by atoms with Gasteiger partial charge < -0.3 is 10.3 Å². The van der Waals surface area contributed by atoms with Gasteiger partial charge in [-0.1, -0.05) is 5.16 Å². The molecule has 1 aromatic carbocycles. The first-order valence-corrected chi connectivity index (χ1v) is 5.73. The maximum absolute atomic E-state index is 13.0. The molecule has 0 unspecified atom stereocenters. The van der Waals surface area contributed by atoms with Crippen LogP contribution in [0.4, 0.5) is 4.39 Å². The summed E-state index contributed by atoms with van der Waals surface area (Å²) in [5.74, 6) is 0.677. The van der Waals surface area contributed by atoms with Crippen LogP contribution in [0.3, 0.4) is 0 Å². The maximum atomic E-state index is 13.0. The van der Waals surface area contributed by atoms with Crippen LogP contribution in [-0.4, -0.2) is 15.7 Å². The van der Waals surface area contributed by atoms with E-state index in [4.69, 9.17) is 10.3 Å². The number of nitrogens with two attached hydrogens (primary N) is 1. The zero-order valence-electron chi connectivity index (χ0n) is 10.7. The minimum Gasteiger partial charge on any atom is -0.339 e. The van der Waals surface area contributed by atoms with Gasteiger partial charge in [-0.25, -0.2) is 4.39 Å². The number of rotatable bonds is 3. The number of nitrogens with zero attached hydrogens (tertiary/aromatic N) is 2. The summed E-state index contributed by atoms with van der Waals surface area (Å²) in [6.45, 7) is 5.58. The summed E-state index contributed by atoms with van der Waals surface area (Å²) in [6, 6.07) is 4.47. The fourth-order valence-electron chi connectivity index (χ4n) is 1.70. The average Bonchev–Trinajstić information content (AvgIpc) is 2.63. The zero-order valence-corrected chi connectivity index (χ0v) is 10.7. The third-order valence-corrected chi connectivity index (χ3v) is 2.50. The maximum Gasteiger partial charge on any atom is 0.228 e. The third-order valence-electron chi connectivity index (χ3n) is 2.50. The Morgan fingerprint density at radius 3 is 2.72 bits per heavy atom. The highest BCUT2D eigenvalue weighted by molar-refractivity contribution is 5.59. The Balaban J connectivity index is 2.29. The SMILES string of the molecule is Cc1cc(F)ccc1-c1noc(CC(C)(C)N)n1. The lowest BCUT2D eigenvalue weighted by molar-refractivity contribution is 0.348. The summed E-state index contributed by atoms with van der Waals surface area (Å²) in [5, 5.41) is 3.90. The van der Waals surface area contributed by atoms with Gasteiger partial charge in [-0.3, -0.25) is 0 Å². The number of halogens is 1. The molecular weight excluding hydrogens is 233 g/mol. The molecule has 0 fully saturated rings. The molecule has 0 aliphatic rings. The summed E-state index contributed by atoms with van der Waals surface area (Å²) in [7, 11) is 0. The monoisotopic (exact) mass is 249 g/mol. The molecule has 0 radical (unpaired) electrons. The molecule has 0 bridgehead atoms. The zero-order chi connectivity index (χ0) is 13.3. The molecule has 18 heavy (non-hydrogen) atoms. The molecule has 0 saturated heterocycles. The number of aryl methyl sites for hydroxylation is 1. The van der Waals surface area contributed by atoms with Crippen molar-refractivity contribution in [2.75, 3.05) is 0 Å². The van der Waals surface area contributed by atoms with Crippen LogP contribution in [0.1, 0.15) is 25.3 Å². The van der Waals surface area contributed by atoms with Gasteiger partial charge in [0.25, 0.3) is 0 Å². The summed E-state index contributed by atoms with van der Waals surface area (Å²) in [5.41, 5.74) is 7.02. The molecule has 0 amide bonds. The van der Waals surface area contributed by atoms with Crippen molar-refractivity contribution in [1.82, 2.24) is 10.1 Å². The third kappa shape index (κ3) is 2.92. The molecule has 0 aliphatic heterocycles. The first kappa shape index (κ1) is 12.7.